The molecule has 3 rings (SSSR count). The number of nitrogens with zero attached hydrogens (tertiary/aromatic N) is 1. The highest BCUT2D eigenvalue weighted by atomic mass is 16.5. The van der Waals surface area contributed by atoms with Crippen LogP contribution in [0.1, 0.15) is 32.6 Å². The summed E-state index contributed by atoms with van der Waals surface area (Å²) < 4.78 is 5.74. The highest BCUT2D eigenvalue weighted by molar-refractivity contribution is 5.03. The van der Waals surface area contributed by atoms with Gasteiger partial charge in [-0.15, -0.1) is 0 Å². The number of ether oxygens (including phenoxy) is 1. The summed E-state index contributed by atoms with van der Waals surface area (Å²) in [5.74, 6) is 1.83. The van der Waals surface area contributed by atoms with Crippen LogP contribution in [0.15, 0.2) is 0 Å². The monoisotopic (exact) mass is 238 g/mol. The molecule has 1 saturated carbocycles. The van der Waals surface area contributed by atoms with Crippen LogP contribution in [-0.2, 0) is 4.74 Å². The summed E-state index contributed by atoms with van der Waals surface area (Å²) in [4.78, 5) is 2.77. The minimum absolute atomic E-state index is 0.433. The lowest BCUT2D eigenvalue weighted by Gasteiger charge is -2.56. The number of rotatable bonds is 2. The topological polar surface area (TPSA) is 24.5 Å². The second kappa shape index (κ2) is 4.87. The van der Waals surface area contributed by atoms with Gasteiger partial charge < -0.3 is 10.1 Å². The smallest absolute Gasteiger partial charge is 0.0651 e. The van der Waals surface area contributed by atoms with E-state index in [9.17, 15) is 0 Å². The molecule has 2 aliphatic heterocycles. The molecular formula is C14H26N2O. The number of piperidine rings is 1. The number of hydrogen-bond acceptors (Lipinski definition) is 3. The largest absolute Gasteiger partial charge is 0.378 e. The van der Waals surface area contributed by atoms with Crippen molar-refractivity contribution in [3.05, 3.63) is 0 Å². The maximum atomic E-state index is 5.74. The Morgan fingerprint density at radius 1 is 1.29 bits per heavy atom. The van der Waals surface area contributed by atoms with E-state index in [0.717, 1.165) is 31.6 Å². The summed E-state index contributed by atoms with van der Waals surface area (Å²) in [5.41, 5.74) is 0.433. The average Bonchev–Trinajstić information content (AvgIpc) is 2.31. The van der Waals surface area contributed by atoms with Gasteiger partial charge in [0.25, 0.3) is 0 Å². The molecule has 1 aliphatic carbocycles. The van der Waals surface area contributed by atoms with Gasteiger partial charge >= 0.3 is 0 Å². The molecular weight excluding hydrogens is 212 g/mol. The van der Waals surface area contributed by atoms with Gasteiger partial charge in [0.15, 0.2) is 0 Å². The lowest BCUT2D eigenvalue weighted by atomic mass is 9.67. The van der Waals surface area contributed by atoms with Crippen molar-refractivity contribution in [3.63, 3.8) is 0 Å². The van der Waals surface area contributed by atoms with E-state index in [1.54, 1.807) is 0 Å². The Kier molecular flexibility index (Phi) is 3.42. The van der Waals surface area contributed by atoms with E-state index in [-0.39, 0.29) is 0 Å². The maximum Gasteiger partial charge on any atom is 0.0651 e. The van der Waals surface area contributed by atoms with E-state index < -0.39 is 0 Å². The number of hydrogen-bond donors (Lipinski definition) is 1. The summed E-state index contributed by atoms with van der Waals surface area (Å²) >= 11 is 0. The molecule has 0 aromatic rings. The van der Waals surface area contributed by atoms with E-state index >= 15 is 0 Å². The fourth-order valence-corrected chi connectivity index (χ4v) is 4.04. The van der Waals surface area contributed by atoms with Crippen molar-refractivity contribution >= 4 is 0 Å². The van der Waals surface area contributed by atoms with Crippen molar-refractivity contribution < 1.29 is 4.74 Å². The molecule has 0 amide bonds. The Bertz CT molecular complexity index is 251. The quantitative estimate of drug-likeness (QED) is 0.789. The normalized spacial score (nSPS) is 40.4. The van der Waals surface area contributed by atoms with E-state index in [2.05, 4.69) is 17.1 Å². The van der Waals surface area contributed by atoms with Gasteiger partial charge in [-0.2, -0.15) is 0 Å². The van der Waals surface area contributed by atoms with Gasteiger partial charge in [-0.3, -0.25) is 4.90 Å². The first kappa shape index (κ1) is 11.9. The first-order valence-corrected chi connectivity index (χ1v) is 7.32. The molecule has 0 aromatic carbocycles. The second-order valence-electron chi connectivity index (χ2n) is 6.43. The van der Waals surface area contributed by atoms with Crippen LogP contribution in [0.25, 0.3) is 0 Å². The van der Waals surface area contributed by atoms with Crippen molar-refractivity contribution in [2.45, 2.75) is 38.1 Å². The van der Waals surface area contributed by atoms with Crippen LogP contribution < -0.4 is 5.32 Å². The summed E-state index contributed by atoms with van der Waals surface area (Å²) in [6, 6.07) is 0. The van der Waals surface area contributed by atoms with E-state index in [1.165, 1.54) is 45.3 Å². The molecule has 2 heterocycles. The third-order valence-electron chi connectivity index (χ3n) is 4.94. The Morgan fingerprint density at radius 2 is 2.06 bits per heavy atom. The Labute approximate surface area is 105 Å². The average molecular weight is 238 g/mol. The summed E-state index contributed by atoms with van der Waals surface area (Å²) in [7, 11) is 0. The fourth-order valence-electron chi connectivity index (χ4n) is 4.04. The zero-order chi connectivity index (χ0) is 11.7. The molecule has 1 spiro atoms. The van der Waals surface area contributed by atoms with Gasteiger partial charge in [-0.1, -0.05) is 6.92 Å². The van der Waals surface area contributed by atoms with Gasteiger partial charge in [0, 0.05) is 18.6 Å². The molecule has 0 unspecified atom stereocenters. The molecule has 0 bridgehead atoms. The molecule has 98 valence electrons. The Hall–Kier alpha value is -0.120. The van der Waals surface area contributed by atoms with Crippen LogP contribution in [0.4, 0.5) is 0 Å². The zero-order valence-electron chi connectivity index (χ0n) is 11.1. The standard InChI is InChI=1S/C14H26N2O/c1-12-8-14(9-12)11-17-7-6-16(14)10-13-2-4-15-5-3-13/h12-13,15H,2-11H2,1H3. The molecule has 17 heavy (non-hydrogen) atoms. The number of nitrogens with one attached hydrogen (secondary N) is 1. The summed E-state index contributed by atoms with van der Waals surface area (Å²) in [6.45, 7) is 9.23. The third-order valence-corrected chi connectivity index (χ3v) is 4.94. The molecule has 3 fully saturated rings. The van der Waals surface area contributed by atoms with Crippen molar-refractivity contribution in [1.29, 1.82) is 0 Å². The van der Waals surface area contributed by atoms with Crippen molar-refractivity contribution in [2.24, 2.45) is 11.8 Å². The van der Waals surface area contributed by atoms with Gasteiger partial charge in [-0.05, 0) is 50.6 Å². The van der Waals surface area contributed by atoms with E-state index in [1.807, 2.05) is 0 Å². The number of morpholine rings is 1. The summed E-state index contributed by atoms with van der Waals surface area (Å²) in [5, 5.41) is 3.46. The Morgan fingerprint density at radius 3 is 2.76 bits per heavy atom. The molecule has 0 aromatic heterocycles. The van der Waals surface area contributed by atoms with Crippen LogP contribution in [0.3, 0.4) is 0 Å². The highest BCUT2D eigenvalue weighted by Crippen LogP contribution is 2.44. The zero-order valence-corrected chi connectivity index (χ0v) is 11.1. The molecule has 0 radical (unpaired) electrons. The molecule has 2 saturated heterocycles. The lowest BCUT2D eigenvalue weighted by molar-refractivity contribution is -0.131. The van der Waals surface area contributed by atoms with Gasteiger partial charge in [0.05, 0.1) is 13.2 Å². The first-order chi connectivity index (χ1) is 8.28. The van der Waals surface area contributed by atoms with Crippen molar-refractivity contribution in [1.82, 2.24) is 10.2 Å². The molecule has 3 heteroatoms. The minimum atomic E-state index is 0.433. The van der Waals surface area contributed by atoms with E-state index in [4.69, 9.17) is 4.74 Å². The van der Waals surface area contributed by atoms with Crippen molar-refractivity contribution in [3.8, 4) is 0 Å². The van der Waals surface area contributed by atoms with Crippen LogP contribution in [0, 0.1) is 11.8 Å². The predicted octanol–water partition coefficient (Wildman–Crippen LogP) is 1.49. The maximum absolute atomic E-state index is 5.74. The molecule has 1 N–H and O–H groups in total. The third kappa shape index (κ3) is 2.38. The van der Waals surface area contributed by atoms with Gasteiger partial charge in [-0.25, -0.2) is 0 Å². The first-order valence-electron chi connectivity index (χ1n) is 7.32. The van der Waals surface area contributed by atoms with Gasteiger partial charge in [0.1, 0.15) is 0 Å². The SMILES string of the molecule is CC1CC2(COCCN2CC2CCNCC2)C1. The molecule has 3 nitrogen and oxygen atoms in total. The predicted molar refractivity (Wildman–Crippen MR) is 69.1 cm³/mol. The fraction of sp³-hybridized carbons (Fsp3) is 1.00. The molecule has 0 atom stereocenters. The van der Waals surface area contributed by atoms with Crippen molar-refractivity contribution in [2.75, 3.05) is 39.4 Å². The Balaban J connectivity index is 1.59. The molecule has 3 aliphatic rings. The lowest BCUT2D eigenvalue weighted by Crippen LogP contribution is -2.64. The van der Waals surface area contributed by atoms with Crippen LogP contribution in [0.2, 0.25) is 0 Å². The summed E-state index contributed by atoms with van der Waals surface area (Å²) in [6.07, 6.45) is 5.45. The van der Waals surface area contributed by atoms with Crippen LogP contribution in [-0.4, -0.2) is 49.8 Å². The highest BCUT2D eigenvalue weighted by Gasteiger charge is 2.48. The van der Waals surface area contributed by atoms with E-state index in [0.29, 0.717) is 5.54 Å². The second-order valence-corrected chi connectivity index (χ2v) is 6.43. The van der Waals surface area contributed by atoms with Crippen LogP contribution >= 0.6 is 0 Å². The van der Waals surface area contributed by atoms with Gasteiger partial charge in [0.2, 0.25) is 0 Å². The van der Waals surface area contributed by atoms with Crippen LogP contribution in [0.5, 0.6) is 0 Å². The minimum Gasteiger partial charge on any atom is -0.378 e.